The van der Waals surface area contributed by atoms with Crippen LogP contribution < -0.4 is 5.73 Å². The molecule has 2 heteroatoms. The van der Waals surface area contributed by atoms with Gasteiger partial charge in [-0.25, -0.2) is 0 Å². The van der Waals surface area contributed by atoms with Crippen LogP contribution in [0.4, 0.5) is 0 Å². The van der Waals surface area contributed by atoms with Crippen molar-refractivity contribution in [3.8, 4) is 0 Å². The van der Waals surface area contributed by atoms with Crippen LogP contribution in [0.2, 0.25) is 0 Å². The van der Waals surface area contributed by atoms with Crippen LogP contribution in [0.1, 0.15) is 32.6 Å². The fourth-order valence-electron chi connectivity index (χ4n) is 3.04. The molecule has 0 radical (unpaired) electrons. The molecule has 82 valence electrons. The monoisotopic (exact) mass is 196 g/mol. The number of nitrogens with zero attached hydrogens (tertiary/aromatic N) is 1. The molecule has 2 aliphatic rings. The molecule has 0 aromatic rings. The van der Waals surface area contributed by atoms with Crippen molar-refractivity contribution < 1.29 is 0 Å². The Bertz CT molecular complexity index is 169. The molecule has 0 spiro atoms. The molecule has 14 heavy (non-hydrogen) atoms. The molecular weight excluding hydrogens is 172 g/mol. The summed E-state index contributed by atoms with van der Waals surface area (Å²) in [5.41, 5.74) is 5.63. The van der Waals surface area contributed by atoms with Crippen LogP contribution in [-0.4, -0.2) is 31.1 Å². The SMILES string of the molecule is CC(CN)CCN1CC2CCCC2C1. The van der Waals surface area contributed by atoms with Gasteiger partial charge < -0.3 is 10.6 Å². The maximum Gasteiger partial charge on any atom is 0.00129 e. The Morgan fingerprint density at radius 2 is 1.93 bits per heavy atom. The van der Waals surface area contributed by atoms with Crippen LogP contribution >= 0.6 is 0 Å². The summed E-state index contributed by atoms with van der Waals surface area (Å²) >= 11 is 0. The summed E-state index contributed by atoms with van der Waals surface area (Å²) in [6.45, 7) is 7.15. The maximum atomic E-state index is 5.63. The van der Waals surface area contributed by atoms with Crippen molar-refractivity contribution in [3.63, 3.8) is 0 Å². The molecule has 3 unspecified atom stereocenters. The largest absolute Gasteiger partial charge is 0.330 e. The van der Waals surface area contributed by atoms with Crippen LogP contribution in [0.25, 0.3) is 0 Å². The minimum Gasteiger partial charge on any atom is -0.330 e. The molecule has 1 saturated heterocycles. The summed E-state index contributed by atoms with van der Waals surface area (Å²) in [6, 6.07) is 0. The molecule has 0 aromatic carbocycles. The van der Waals surface area contributed by atoms with Crippen molar-refractivity contribution in [3.05, 3.63) is 0 Å². The highest BCUT2D eigenvalue weighted by atomic mass is 15.2. The quantitative estimate of drug-likeness (QED) is 0.741. The van der Waals surface area contributed by atoms with Crippen LogP contribution in [0.5, 0.6) is 0 Å². The smallest absolute Gasteiger partial charge is 0.00129 e. The first-order valence-corrected chi connectivity index (χ1v) is 6.22. The zero-order valence-corrected chi connectivity index (χ0v) is 9.41. The average Bonchev–Trinajstić information content (AvgIpc) is 2.73. The van der Waals surface area contributed by atoms with E-state index in [2.05, 4.69) is 11.8 Å². The zero-order valence-electron chi connectivity index (χ0n) is 9.41. The van der Waals surface area contributed by atoms with Crippen LogP contribution in [-0.2, 0) is 0 Å². The fourth-order valence-corrected chi connectivity index (χ4v) is 3.04. The topological polar surface area (TPSA) is 29.3 Å². The van der Waals surface area contributed by atoms with Gasteiger partial charge in [-0.3, -0.25) is 0 Å². The molecule has 0 aromatic heterocycles. The van der Waals surface area contributed by atoms with Crippen molar-refractivity contribution >= 4 is 0 Å². The highest BCUT2D eigenvalue weighted by molar-refractivity contribution is 4.88. The molecular formula is C12H24N2. The zero-order chi connectivity index (χ0) is 9.97. The Hall–Kier alpha value is -0.0800. The molecule has 1 saturated carbocycles. The van der Waals surface area contributed by atoms with E-state index in [9.17, 15) is 0 Å². The number of fused-ring (bicyclic) bond motifs is 1. The van der Waals surface area contributed by atoms with E-state index >= 15 is 0 Å². The van der Waals surface area contributed by atoms with Crippen molar-refractivity contribution in [2.75, 3.05) is 26.2 Å². The normalized spacial score (nSPS) is 34.7. The van der Waals surface area contributed by atoms with E-state index in [0.29, 0.717) is 5.92 Å². The first-order chi connectivity index (χ1) is 6.79. The summed E-state index contributed by atoms with van der Waals surface area (Å²) in [5.74, 6) is 2.79. The van der Waals surface area contributed by atoms with Gasteiger partial charge in [-0.05, 0) is 50.1 Å². The molecule has 0 amide bonds. The predicted molar refractivity (Wildman–Crippen MR) is 60.1 cm³/mol. The van der Waals surface area contributed by atoms with E-state index in [1.165, 1.54) is 45.3 Å². The highest BCUT2D eigenvalue weighted by Crippen LogP contribution is 2.37. The second kappa shape index (κ2) is 4.63. The van der Waals surface area contributed by atoms with Gasteiger partial charge in [-0.2, -0.15) is 0 Å². The van der Waals surface area contributed by atoms with E-state index < -0.39 is 0 Å². The lowest BCUT2D eigenvalue weighted by Crippen LogP contribution is -2.25. The van der Waals surface area contributed by atoms with Gasteiger partial charge in [0.1, 0.15) is 0 Å². The average molecular weight is 196 g/mol. The van der Waals surface area contributed by atoms with E-state index in [0.717, 1.165) is 18.4 Å². The lowest BCUT2D eigenvalue weighted by molar-refractivity contribution is 0.288. The molecule has 2 N–H and O–H groups in total. The molecule has 1 aliphatic heterocycles. The third kappa shape index (κ3) is 2.29. The minimum atomic E-state index is 0.704. The molecule has 1 heterocycles. The Morgan fingerprint density at radius 1 is 1.29 bits per heavy atom. The first kappa shape index (κ1) is 10.4. The Balaban J connectivity index is 1.69. The third-order valence-electron chi connectivity index (χ3n) is 4.14. The van der Waals surface area contributed by atoms with Crippen molar-refractivity contribution in [1.82, 2.24) is 4.90 Å². The maximum absolute atomic E-state index is 5.63. The number of rotatable bonds is 4. The number of hydrogen-bond acceptors (Lipinski definition) is 2. The fraction of sp³-hybridized carbons (Fsp3) is 1.00. The van der Waals surface area contributed by atoms with Gasteiger partial charge in [-0.1, -0.05) is 13.3 Å². The van der Waals surface area contributed by atoms with Crippen molar-refractivity contribution in [2.24, 2.45) is 23.5 Å². The Morgan fingerprint density at radius 3 is 2.50 bits per heavy atom. The number of hydrogen-bond donors (Lipinski definition) is 1. The van der Waals surface area contributed by atoms with E-state index in [-0.39, 0.29) is 0 Å². The van der Waals surface area contributed by atoms with Crippen LogP contribution in [0, 0.1) is 17.8 Å². The summed E-state index contributed by atoms with van der Waals surface area (Å²) in [5, 5.41) is 0. The van der Waals surface area contributed by atoms with Crippen LogP contribution in [0.15, 0.2) is 0 Å². The van der Waals surface area contributed by atoms with Crippen molar-refractivity contribution in [1.29, 1.82) is 0 Å². The summed E-state index contributed by atoms with van der Waals surface area (Å²) in [4.78, 5) is 2.67. The molecule has 2 nitrogen and oxygen atoms in total. The number of nitrogens with two attached hydrogens (primary N) is 1. The van der Waals surface area contributed by atoms with Gasteiger partial charge in [0.25, 0.3) is 0 Å². The van der Waals surface area contributed by atoms with Gasteiger partial charge in [0.05, 0.1) is 0 Å². The van der Waals surface area contributed by atoms with E-state index in [4.69, 9.17) is 5.73 Å². The van der Waals surface area contributed by atoms with Crippen molar-refractivity contribution in [2.45, 2.75) is 32.6 Å². The highest BCUT2D eigenvalue weighted by Gasteiger charge is 2.35. The first-order valence-electron chi connectivity index (χ1n) is 6.22. The molecule has 3 atom stereocenters. The van der Waals surface area contributed by atoms with Gasteiger partial charge >= 0.3 is 0 Å². The third-order valence-corrected chi connectivity index (χ3v) is 4.14. The van der Waals surface area contributed by atoms with Crippen LogP contribution in [0.3, 0.4) is 0 Å². The second-order valence-corrected chi connectivity index (χ2v) is 5.34. The summed E-state index contributed by atoms with van der Waals surface area (Å²) < 4.78 is 0. The van der Waals surface area contributed by atoms with E-state index in [1.807, 2.05) is 0 Å². The summed E-state index contributed by atoms with van der Waals surface area (Å²) in [7, 11) is 0. The summed E-state index contributed by atoms with van der Waals surface area (Å²) in [6.07, 6.45) is 5.76. The molecule has 0 bridgehead atoms. The lowest BCUT2D eigenvalue weighted by atomic mass is 10.0. The number of likely N-dealkylation sites (tertiary alicyclic amines) is 1. The van der Waals surface area contributed by atoms with E-state index in [1.54, 1.807) is 0 Å². The van der Waals surface area contributed by atoms with Gasteiger partial charge in [-0.15, -0.1) is 0 Å². The van der Waals surface area contributed by atoms with Gasteiger partial charge in [0.2, 0.25) is 0 Å². The second-order valence-electron chi connectivity index (χ2n) is 5.34. The predicted octanol–water partition coefficient (Wildman–Crippen LogP) is 1.70. The van der Waals surface area contributed by atoms with Gasteiger partial charge in [0, 0.05) is 13.1 Å². The Kier molecular flexibility index (Phi) is 3.45. The van der Waals surface area contributed by atoms with Gasteiger partial charge in [0.15, 0.2) is 0 Å². The lowest BCUT2D eigenvalue weighted by Gasteiger charge is -2.18. The molecule has 2 rings (SSSR count). The Labute approximate surface area is 87.8 Å². The molecule has 1 aliphatic carbocycles. The standard InChI is InChI=1S/C12H24N2/c1-10(7-13)5-6-14-8-11-3-2-4-12(11)9-14/h10-12H,2-9,13H2,1H3. The minimum absolute atomic E-state index is 0.704. The molecule has 2 fully saturated rings.